The van der Waals surface area contributed by atoms with Crippen molar-refractivity contribution in [1.29, 1.82) is 0 Å². The zero-order valence-corrected chi connectivity index (χ0v) is 15.7. The number of ether oxygens (including phenoxy) is 3. The molecule has 1 fully saturated rings. The van der Waals surface area contributed by atoms with Crippen molar-refractivity contribution in [2.24, 2.45) is 0 Å². The largest absolute Gasteiger partial charge is 0.454 e. The van der Waals surface area contributed by atoms with E-state index in [1.54, 1.807) is 0 Å². The minimum Gasteiger partial charge on any atom is -0.454 e. The van der Waals surface area contributed by atoms with Crippen LogP contribution in [0.25, 0.3) is 0 Å². The van der Waals surface area contributed by atoms with Gasteiger partial charge in [-0.3, -0.25) is 9.69 Å². The zero-order valence-electron chi connectivity index (χ0n) is 15.7. The van der Waals surface area contributed by atoms with Gasteiger partial charge in [0.25, 0.3) is 0 Å². The molecule has 0 saturated carbocycles. The van der Waals surface area contributed by atoms with E-state index >= 15 is 0 Å². The Labute approximate surface area is 159 Å². The number of hydrogen-bond acceptors (Lipinski definition) is 5. The molecule has 1 amide bonds. The summed E-state index contributed by atoms with van der Waals surface area (Å²) in [5, 5.41) is 3.15. The van der Waals surface area contributed by atoms with Crippen LogP contribution in [0, 0.1) is 13.8 Å². The highest BCUT2D eigenvalue weighted by Crippen LogP contribution is 2.36. The van der Waals surface area contributed by atoms with Crippen LogP contribution in [-0.4, -0.2) is 43.9 Å². The predicted molar refractivity (Wildman–Crippen MR) is 102 cm³/mol. The van der Waals surface area contributed by atoms with Crippen molar-refractivity contribution in [2.75, 3.05) is 38.4 Å². The van der Waals surface area contributed by atoms with Gasteiger partial charge in [0.05, 0.1) is 13.2 Å². The van der Waals surface area contributed by atoms with Crippen LogP contribution in [0.2, 0.25) is 0 Å². The number of aryl methyl sites for hydroxylation is 2. The lowest BCUT2D eigenvalue weighted by atomic mass is 10.0. The SMILES string of the molecule is Cc1cccc(C)c1NC(=O)[C@@H](c1ccc2c(c1)OCO2)N1CCOCC1. The molecule has 0 bridgehead atoms. The van der Waals surface area contributed by atoms with Crippen LogP contribution in [0.15, 0.2) is 36.4 Å². The number of rotatable bonds is 4. The summed E-state index contributed by atoms with van der Waals surface area (Å²) in [6, 6.07) is 11.3. The maximum atomic E-state index is 13.4. The molecule has 1 N–H and O–H groups in total. The molecule has 0 aromatic heterocycles. The summed E-state index contributed by atoms with van der Waals surface area (Å²) in [6.45, 7) is 6.89. The Bertz CT molecular complexity index is 826. The summed E-state index contributed by atoms with van der Waals surface area (Å²) >= 11 is 0. The van der Waals surface area contributed by atoms with Crippen molar-refractivity contribution >= 4 is 11.6 Å². The van der Waals surface area contributed by atoms with E-state index in [4.69, 9.17) is 14.2 Å². The Hall–Kier alpha value is -2.57. The van der Waals surface area contributed by atoms with Gasteiger partial charge in [0, 0.05) is 18.8 Å². The van der Waals surface area contributed by atoms with Gasteiger partial charge in [-0.25, -0.2) is 0 Å². The van der Waals surface area contributed by atoms with Crippen molar-refractivity contribution in [2.45, 2.75) is 19.9 Å². The smallest absolute Gasteiger partial charge is 0.246 e. The maximum absolute atomic E-state index is 13.4. The molecule has 1 saturated heterocycles. The summed E-state index contributed by atoms with van der Waals surface area (Å²) in [4.78, 5) is 15.5. The van der Waals surface area contributed by atoms with E-state index in [9.17, 15) is 4.79 Å². The average molecular weight is 368 g/mol. The van der Waals surface area contributed by atoms with Crippen LogP contribution >= 0.6 is 0 Å². The van der Waals surface area contributed by atoms with Crippen LogP contribution in [0.1, 0.15) is 22.7 Å². The quantitative estimate of drug-likeness (QED) is 0.899. The molecule has 27 heavy (non-hydrogen) atoms. The first-order chi connectivity index (χ1) is 13.1. The number of carbonyl (C=O) groups is 1. The van der Waals surface area contributed by atoms with Gasteiger partial charge in [-0.2, -0.15) is 0 Å². The lowest BCUT2D eigenvalue weighted by Crippen LogP contribution is -2.44. The lowest BCUT2D eigenvalue weighted by molar-refractivity contribution is -0.123. The number of carbonyl (C=O) groups excluding carboxylic acids is 1. The van der Waals surface area contributed by atoms with Gasteiger partial charge in [0.15, 0.2) is 11.5 Å². The molecule has 0 aliphatic carbocycles. The van der Waals surface area contributed by atoms with Crippen molar-refractivity contribution in [3.8, 4) is 11.5 Å². The minimum absolute atomic E-state index is 0.0480. The molecule has 4 rings (SSSR count). The van der Waals surface area contributed by atoms with E-state index in [1.807, 2.05) is 50.2 Å². The van der Waals surface area contributed by atoms with Gasteiger partial charge in [0.2, 0.25) is 12.7 Å². The van der Waals surface area contributed by atoms with Crippen molar-refractivity contribution < 1.29 is 19.0 Å². The molecule has 6 nitrogen and oxygen atoms in total. The standard InChI is InChI=1S/C21H24N2O4/c1-14-4-3-5-15(2)19(14)22-21(24)20(23-8-10-25-11-9-23)16-6-7-17-18(12-16)27-13-26-17/h3-7,12,20H,8-11,13H2,1-2H3,(H,22,24)/t20-/m1/s1. The molecule has 2 heterocycles. The number of benzene rings is 2. The number of hydrogen-bond donors (Lipinski definition) is 1. The van der Waals surface area contributed by atoms with E-state index in [1.165, 1.54) is 0 Å². The molecule has 2 aliphatic rings. The second-order valence-electron chi connectivity index (χ2n) is 6.92. The highest BCUT2D eigenvalue weighted by atomic mass is 16.7. The monoisotopic (exact) mass is 368 g/mol. The fourth-order valence-electron chi connectivity index (χ4n) is 3.65. The second-order valence-corrected chi connectivity index (χ2v) is 6.92. The third-order valence-corrected chi connectivity index (χ3v) is 5.10. The molecule has 0 spiro atoms. The molecule has 2 aliphatic heterocycles. The van der Waals surface area contributed by atoms with Crippen molar-refractivity contribution in [3.63, 3.8) is 0 Å². The normalized spacial score (nSPS) is 17.6. The number of anilines is 1. The third-order valence-electron chi connectivity index (χ3n) is 5.10. The number of para-hydroxylation sites is 1. The Morgan fingerprint density at radius 1 is 1.04 bits per heavy atom. The second kappa shape index (κ2) is 7.58. The van der Waals surface area contributed by atoms with E-state index in [0.29, 0.717) is 32.1 Å². The Morgan fingerprint density at radius 3 is 2.48 bits per heavy atom. The molecule has 2 aromatic rings. The van der Waals surface area contributed by atoms with Gasteiger partial charge in [-0.05, 0) is 42.7 Å². The molecule has 1 atom stereocenters. The van der Waals surface area contributed by atoms with E-state index in [-0.39, 0.29) is 12.7 Å². The number of fused-ring (bicyclic) bond motifs is 1. The molecule has 0 unspecified atom stereocenters. The Kier molecular flexibility index (Phi) is 5.01. The first-order valence-electron chi connectivity index (χ1n) is 9.22. The summed E-state index contributed by atoms with van der Waals surface area (Å²) < 4.78 is 16.4. The van der Waals surface area contributed by atoms with Gasteiger partial charge >= 0.3 is 0 Å². The molecule has 0 radical (unpaired) electrons. The molecular weight excluding hydrogens is 344 g/mol. The molecule has 142 valence electrons. The highest BCUT2D eigenvalue weighted by molar-refractivity contribution is 5.97. The van der Waals surface area contributed by atoms with E-state index < -0.39 is 6.04 Å². The van der Waals surface area contributed by atoms with E-state index in [0.717, 1.165) is 28.1 Å². The maximum Gasteiger partial charge on any atom is 0.246 e. The summed E-state index contributed by atoms with van der Waals surface area (Å²) in [5.74, 6) is 1.36. The topological polar surface area (TPSA) is 60.0 Å². The van der Waals surface area contributed by atoms with Gasteiger partial charge in [-0.1, -0.05) is 24.3 Å². The third kappa shape index (κ3) is 3.63. The van der Waals surface area contributed by atoms with Crippen LogP contribution in [0.3, 0.4) is 0 Å². The van der Waals surface area contributed by atoms with Crippen molar-refractivity contribution in [3.05, 3.63) is 53.1 Å². The lowest BCUT2D eigenvalue weighted by Gasteiger charge is -2.34. The first kappa shape index (κ1) is 17.8. The Morgan fingerprint density at radius 2 is 1.74 bits per heavy atom. The molecule has 6 heteroatoms. The zero-order chi connectivity index (χ0) is 18.8. The van der Waals surface area contributed by atoms with Gasteiger partial charge in [0.1, 0.15) is 6.04 Å². The van der Waals surface area contributed by atoms with Crippen LogP contribution < -0.4 is 14.8 Å². The van der Waals surface area contributed by atoms with Gasteiger partial charge < -0.3 is 19.5 Å². The fourth-order valence-corrected chi connectivity index (χ4v) is 3.65. The highest BCUT2D eigenvalue weighted by Gasteiger charge is 2.31. The summed E-state index contributed by atoms with van der Waals surface area (Å²) in [5.41, 5.74) is 3.87. The van der Waals surface area contributed by atoms with Crippen LogP contribution in [0.5, 0.6) is 11.5 Å². The molecule has 2 aromatic carbocycles. The van der Waals surface area contributed by atoms with Crippen LogP contribution in [-0.2, 0) is 9.53 Å². The number of nitrogens with one attached hydrogen (secondary N) is 1. The number of nitrogens with zero attached hydrogens (tertiary/aromatic N) is 1. The Balaban J connectivity index is 1.66. The number of amides is 1. The average Bonchev–Trinajstić information content (AvgIpc) is 3.14. The minimum atomic E-state index is -0.414. The molecular formula is C21H24N2O4. The predicted octanol–water partition coefficient (Wildman–Crippen LogP) is 3.04. The van der Waals surface area contributed by atoms with E-state index in [2.05, 4.69) is 10.2 Å². The van der Waals surface area contributed by atoms with Crippen molar-refractivity contribution in [1.82, 2.24) is 4.90 Å². The first-order valence-corrected chi connectivity index (χ1v) is 9.22. The van der Waals surface area contributed by atoms with Gasteiger partial charge in [-0.15, -0.1) is 0 Å². The summed E-state index contributed by atoms with van der Waals surface area (Å²) in [7, 11) is 0. The number of morpholine rings is 1. The van der Waals surface area contributed by atoms with Crippen LogP contribution in [0.4, 0.5) is 5.69 Å². The fraction of sp³-hybridized carbons (Fsp3) is 0.381. The summed E-state index contributed by atoms with van der Waals surface area (Å²) in [6.07, 6.45) is 0.